The monoisotopic (exact) mass is 639 g/mol. The average Bonchev–Trinajstić information content (AvgIpc) is 3.32. The number of halogens is 4. The molecule has 2 aliphatic rings. The molecule has 0 saturated carbocycles. The van der Waals surface area contributed by atoms with Crippen LogP contribution in [0.5, 0.6) is 0 Å². The average molecular weight is 640 g/mol. The molecule has 2 saturated heterocycles. The van der Waals surface area contributed by atoms with Crippen LogP contribution in [-0.4, -0.2) is 63.0 Å². The number of alkyl halides is 3. The first-order valence-corrected chi connectivity index (χ1v) is 14.2. The van der Waals surface area contributed by atoms with Crippen LogP contribution in [0.4, 0.5) is 18.0 Å². The van der Waals surface area contributed by atoms with Crippen molar-refractivity contribution in [2.75, 3.05) is 13.2 Å². The molecular formula is C29H33ClF3N5O6. The highest BCUT2D eigenvalue weighted by molar-refractivity contribution is 6.30. The fourth-order valence-corrected chi connectivity index (χ4v) is 5.75. The summed E-state index contributed by atoms with van der Waals surface area (Å²) in [7, 11) is 0. The van der Waals surface area contributed by atoms with Crippen LogP contribution in [-0.2, 0) is 30.7 Å². The van der Waals surface area contributed by atoms with Gasteiger partial charge in [0.05, 0.1) is 36.6 Å². The van der Waals surface area contributed by atoms with E-state index >= 15 is 0 Å². The molecule has 2 aliphatic heterocycles. The van der Waals surface area contributed by atoms with E-state index < -0.39 is 59.3 Å². The highest BCUT2D eigenvalue weighted by Gasteiger charge is 2.62. The highest BCUT2D eigenvalue weighted by atomic mass is 35.5. The molecule has 3 heterocycles. The van der Waals surface area contributed by atoms with Crippen LogP contribution in [0.1, 0.15) is 55.4 Å². The zero-order valence-electron chi connectivity index (χ0n) is 24.6. The van der Waals surface area contributed by atoms with Crippen LogP contribution < -0.4 is 10.9 Å². The van der Waals surface area contributed by atoms with Crippen LogP contribution in [0.15, 0.2) is 42.5 Å². The largest absolute Gasteiger partial charge is 0.443 e. The van der Waals surface area contributed by atoms with E-state index in [-0.39, 0.29) is 35.4 Å². The van der Waals surface area contributed by atoms with Crippen molar-refractivity contribution in [3.63, 3.8) is 0 Å². The molecule has 3 aromatic rings. The van der Waals surface area contributed by atoms with Crippen molar-refractivity contribution >= 4 is 17.7 Å². The van der Waals surface area contributed by atoms with E-state index in [0.29, 0.717) is 5.56 Å². The summed E-state index contributed by atoms with van der Waals surface area (Å²) in [6.07, 6.45) is -9.11. The summed E-state index contributed by atoms with van der Waals surface area (Å²) in [5, 5.41) is 15.7. The van der Waals surface area contributed by atoms with Crippen molar-refractivity contribution in [1.29, 1.82) is 0 Å². The lowest BCUT2D eigenvalue weighted by Crippen LogP contribution is -2.72. The lowest BCUT2D eigenvalue weighted by atomic mass is 9.80. The maximum absolute atomic E-state index is 14.5. The molecule has 5 rings (SSSR count). The number of aryl methyl sites for hydroxylation is 2. The van der Waals surface area contributed by atoms with E-state index in [1.807, 2.05) is 0 Å². The number of fused-ring (bicyclic) bond motifs is 1. The van der Waals surface area contributed by atoms with Gasteiger partial charge in [0, 0.05) is 10.6 Å². The van der Waals surface area contributed by atoms with Gasteiger partial charge in [-0.1, -0.05) is 41.9 Å². The molecule has 1 amide bonds. The third kappa shape index (κ3) is 6.28. The van der Waals surface area contributed by atoms with Gasteiger partial charge in [-0.25, -0.2) is 19.9 Å². The predicted octanol–water partition coefficient (Wildman–Crippen LogP) is 4.65. The van der Waals surface area contributed by atoms with Gasteiger partial charge in [-0.2, -0.15) is 18.3 Å². The molecule has 11 nitrogen and oxygen atoms in total. The Bertz CT molecular complexity index is 1520. The van der Waals surface area contributed by atoms with Crippen molar-refractivity contribution in [2.24, 2.45) is 0 Å². The first kappa shape index (κ1) is 32.1. The molecule has 1 aromatic heterocycles. The summed E-state index contributed by atoms with van der Waals surface area (Å²) in [5.41, 5.74) is 1.56. The van der Waals surface area contributed by atoms with Gasteiger partial charge in [0.15, 0.2) is 17.7 Å². The maximum Gasteiger partial charge on any atom is 0.422 e. The number of carbonyl (C=O) groups excluding carboxylic acids is 1. The second kappa shape index (κ2) is 11.9. The number of nitrogens with zero attached hydrogens (tertiary/aromatic N) is 3. The molecule has 0 radical (unpaired) electrons. The summed E-state index contributed by atoms with van der Waals surface area (Å²) >= 11 is 6.28. The third-order valence-corrected chi connectivity index (χ3v) is 7.37. The lowest BCUT2D eigenvalue weighted by Gasteiger charge is -2.53. The van der Waals surface area contributed by atoms with Crippen molar-refractivity contribution < 1.29 is 42.0 Å². The number of hydrogen-bond acceptors (Lipinski definition) is 9. The molecule has 1 unspecified atom stereocenters. The molecule has 15 heteroatoms. The topological polar surface area (TPSA) is 129 Å². The van der Waals surface area contributed by atoms with Gasteiger partial charge in [-0.15, -0.1) is 0 Å². The molecule has 238 valence electrons. The quantitative estimate of drug-likeness (QED) is 0.342. The maximum atomic E-state index is 14.5. The first-order valence-electron chi connectivity index (χ1n) is 13.8. The summed E-state index contributed by atoms with van der Waals surface area (Å²) in [4.78, 5) is 17.2. The molecule has 44 heavy (non-hydrogen) atoms. The minimum absolute atomic E-state index is 0.0370. The Labute approximate surface area is 256 Å². The minimum atomic E-state index is -4.79. The van der Waals surface area contributed by atoms with Crippen LogP contribution in [0, 0.1) is 13.8 Å². The van der Waals surface area contributed by atoms with Gasteiger partial charge < -0.3 is 24.1 Å². The van der Waals surface area contributed by atoms with E-state index in [4.69, 9.17) is 30.5 Å². The summed E-state index contributed by atoms with van der Waals surface area (Å²) < 4.78 is 68.5. The van der Waals surface area contributed by atoms with Crippen molar-refractivity contribution in [2.45, 2.75) is 76.5 Å². The van der Waals surface area contributed by atoms with E-state index in [1.165, 1.54) is 19.9 Å². The number of hydrazine groups is 1. The second-order valence-corrected chi connectivity index (χ2v) is 12.1. The van der Waals surface area contributed by atoms with E-state index in [0.717, 1.165) is 10.7 Å². The third-order valence-electron chi connectivity index (χ3n) is 7.15. The number of aliphatic hydroxyl groups is 1. The van der Waals surface area contributed by atoms with Crippen LogP contribution in [0.3, 0.4) is 0 Å². The van der Waals surface area contributed by atoms with Gasteiger partial charge in [-0.3, -0.25) is 5.43 Å². The zero-order valence-corrected chi connectivity index (χ0v) is 25.4. The van der Waals surface area contributed by atoms with Gasteiger partial charge >= 0.3 is 12.3 Å². The molecule has 0 aliphatic carbocycles. The van der Waals surface area contributed by atoms with Crippen LogP contribution in [0.2, 0.25) is 5.02 Å². The van der Waals surface area contributed by atoms with Crippen LogP contribution >= 0.6 is 11.6 Å². The SMILES string of the molecule is Cc1nc([C@@]23OC(c4ccccc4)OC[C@H]2OC[C@H](O)[C@H]3NNC(=O)OC(C)(C)C)n(-c2cc(Cl)cc(C)c2C(F)(F)F)n1. The lowest BCUT2D eigenvalue weighted by molar-refractivity contribution is -0.351. The highest BCUT2D eigenvalue weighted by Crippen LogP contribution is 2.48. The number of rotatable bonds is 5. The fraction of sp³-hybridized carbons (Fsp3) is 0.483. The van der Waals surface area contributed by atoms with Gasteiger partial charge in [-0.05, 0) is 52.3 Å². The summed E-state index contributed by atoms with van der Waals surface area (Å²) in [6.45, 7) is 7.50. The van der Waals surface area contributed by atoms with Crippen molar-refractivity contribution in [1.82, 2.24) is 25.6 Å². The molecule has 3 N–H and O–H groups in total. The Balaban J connectivity index is 1.72. The second-order valence-electron chi connectivity index (χ2n) is 11.6. The summed E-state index contributed by atoms with van der Waals surface area (Å²) in [6, 6.07) is 9.92. The normalized spacial score (nSPS) is 25.8. The fourth-order valence-electron chi connectivity index (χ4n) is 5.48. The van der Waals surface area contributed by atoms with Gasteiger partial charge in [0.1, 0.15) is 17.5 Å². The van der Waals surface area contributed by atoms with Crippen molar-refractivity contribution in [3.8, 4) is 5.69 Å². The van der Waals surface area contributed by atoms with Crippen LogP contribution in [0.25, 0.3) is 5.69 Å². The number of nitrogens with one attached hydrogen (secondary N) is 2. The number of carbonyl (C=O) groups is 1. The standard InChI is InChI=1S/C29H33ClF3N5O6/c1-15-11-18(30)12-19(22(15)29(31,32)33)38-25(34-16(2)37-38)28-21(14-42-24(43-28)17-9-7-6-8-10-17)41-13-20(39)23(28)35-36-26(40)44-27(3,4)5/h6-12,20-21,23-24,35,39H,13-14H2,1-5H3,(H,36,40)/t20-,21+,23+,24?,28+/m0/s1. The van der Waals surface area contributed by atoms with Gasteiger partial charge in [0.25, 0.3) is 0 Å². The smallest absolute Gasteiger partial charge is 0.422 e. The van der Waals surface area contributed by atoms with E-state index in [9.17, 15) is 23.1 Å². The van der Waals surface area contributed by atoms with Crippen molar-refractivity contribution in [3.05, 3.63) is 75.8 Å². The first-order chi connectivity index (χ1) is 20.6. The Morgan fingerprint density at radius 1 is 1.14 bits per heavy atom. The minimum Gasteiger partial charge on any atom is -0.443 e. The number of hydrogen-bond donors (Lipinski definition) is 3. The molecule has 0 bridgehead atoms. The Morgan fingerprint density at radius 2 is 1.84 bits per heavy atom. The Kier molecular flexibility index (Phi) is 8.70. The molecule has 2 aromatic carbocycles. The molecule has 0 spiro atoms. The Morgan fingerprint density at radius 3 is 2.50 bits per heavy atom. The number of ether oxygens (including phenoxy) is 4. The van der Waals surface area contributed by atoms with E-state index in [1.54, 1.807) is 51.1 Å². The molecular weight excluding hydrogens is 607 g/mol. The Hall–Kier alpha value is -3.27. The molecule has 2 fully saturated rings. The molecule has 5 atom stereocenters. The number of aliphatic hydroxyl groups excluding tert-OH is 1. The summed E-state index contributed by atoms with van der Waals surface area (Å²) in [5.74, 6) is -0.0391. The van der Waals surface area contributed by atoms with Gasteiger partial charge in [0.2, 0.25) is 0 Å². The number of benzene rings is 2. The number of amides is 1. The zero-order chi connectivity index (χ0) is 32.0. The number of aromatic nitrogens is 3. The predicted molar refractivity (Wildman–Crippen MR) is 151 cm³/mol. The van der Waals surface area contributed by atoms with E-state index in [2.05, 4.69) is 20.9 Å².